The molecular weight excluding hydrogens is 272 g/mol. The molecule has 4 N–H and O–H groups in total. The summed E-state index contributed by atoms with van der Waals surface area (Å²) in [5, 5.41) is 12.6. The molecule has 2 aromatic carbocycles. The molecule has 0 atom stereocenters. The van der Waals surface area contributed by atoms with Crippen molar-refractivity contribution in [3.8, 4) is 17.2 Å². The molecule has 0 saturated heterocycles. The fourth-order valence-electron chi connectivity index (χ4n) is 2.10. The number of aromatic hydroxyl groups is 1. The Kier molecular flexibility index (Phi) is 3.06. The van der Waals surface area contributed by atoms with Crippen molar-refractivity contribution in [2.24, 2.45) is 0 Å². The fourth-order valence-corrected chi connectivity index (χ4v) is 2.10. The maximum atomic E-state index is 12.2. The molecule has 0 unspecified atom stereocenters. The number of para-hydroxylation sites is 1. The number of nitrogen functional groups attached to an aromatic ring is 1. The number of fused-ring (bicyclic) bond motifs is 1. The van der Waals surface area contributed by atoms with Gasteiger partial charge in [0.2, 0.25) is 6.79 Å². The lowest BCUT2D eigenvalue weighted by atomic mass is 10.1. The highest BCUT2D eigenvalue weighted by atomic mass is 16.7. The Balaban J connectivity index is 1.90. The van der Waals surface area contributed by atoms with Crippen molar-refractivity contribution in [3.63, 3.8) is 0 Å². The predicted molar refractivity (Wildman–Crippen MR) is 77.8 cm³/mol. The highest BCUT2D eigenvalue weighted by molar-refractivity contribution is 6.07. The van der Waals surface area contributed by atoms with Crippen LogP contribution in [0.4, 0.5) is 11.4 Å². The number of nitrogens with one attached hydrogen (secondary N) is 1. The van der Waals surface area contributed by atoms with Crippen molar-refractivity contribution < 1.29 is 19.4 Å². The van der Waals surface area contributed by atoms with Gasteiger partial charge in [0.05, 0.1) is 16.9 Å². The van der Waals surface area contributed by atoms with Crippen LogP contribution in [0.25, 0.3) is 0 Å². The average molecular weight is 286 g/mol. The third-order valence-electron chi connectivity index (χ3n) is 3.28. The smallest absolute Gasteiger partial charge is 0.259 e. The van der Waals surface area contributed by atoms with Crippen LogP contribution in [0.2, 0.25) is 0 Å². The van der Waals surface area contributed by atoms with Gasteiger partial charge >= 0.3 is 0 Å². The average Bonchev–Trinajstić information content (AvgIpc) is 2.89. The van der Waals surface area contributed by atoms with Gasteiger partial charge in [-0.2, -0.15) is 0 Å². The lowest BCUT2D eigenvalue weighted by Crippen LogP contribution is -2.13. The highest BCUT2D eigenvalue weighted by Crippen LogP contribution is 2.38. The van der Waals surface area contributed by atoms with Crippen molar-refractivity contribution in [1.29, 1.82) is 0 Å². The van der Waals surface area contributed by atoms with E-state index in [2.05, 4.69) is 5.32 Å². The van der Waals surface area contributed by atoms with Gasteiger partial charge in [-0.15, -0.1) is 0 Å². The van der Waals surface area contributed by atoms with Gasteiger partial charge in [0.25, 0.3) is 5.91 Å². The van der Waals surface area contributed by atoms with Crippen LogP contribution in [0.5, 0.6) is 17.2 Å². The van der Waals surface area contributed by atoms with E-state index < -0.39 is 5.91 Å². The van der Waals surface area contributed by atoms with Crippen LogP contribution in [0.15, 0.2) is 30.3 Å². The van der Waals surface area contributed by atoms with Gasteiger partial charge in [0.15, 0.2) is 11.5 Å². The van der Waals surface area contributed by atoms with Crippen LogP contribution < -0.4 is 20.5 Å². The van der Waals surface area contributed by atoms with Crippen LogP contribution in [0, 0.1) is 6.92 Å². The third kappa shape index (κ3) is 2.31. The first-order valence-electron chi connectivity index (χ1n) is 6.35. The molecule has 0 saturated carbocycles. The Hall–Kier alpha value is -2.89. The highest BCUT2D eigenvalue weighted by Gasteiger charge is 2.19. The molecule has 0 bridgehead atoms. The number of aryl methyl sites for hydroxylation is 1. The molecule has 0 radical (unpaired) electrons. The number of ether oxygens (including phenoxy) is 2. The topological polar surface area (TPSA) is 93.8 Å². The van der Waals surface area contributed by atoms with E-state index in [1.54, 1.807) is 37.3 Å². The first-order chi connectivity index (χ1) is 10.1. The number of hydrogen-bond acceptors (Lipinski definition) is 5. The molecule has 0 fully saturated rings. The monoisotopic (exact) mass is 286 g/mol. The summed E-state index contributed by atoms with van der Waals surface area (Å²) in [5.74, 6) is 0.577. The van der Waals surface area contributed by atoms with Crippen molar-refractivity contribution in [2.75, 3.05) is 17.8 Å². The molecule has 1 aliphatic rings. The molecule has 0 aromatic heterocycles. The van der Waals surface area contributed by atoms with Crippen molar-refractivity contribution in [1.82, 2.24) is 0 Å². The standard InChI is InChI=1S/C15H14N2O4/c1-8-3-2-4-9(14(8)18)15(19)17-11-6-13-12(5-10(11)16)20-7-21-13/h2-6,18H,7,16H2,1H3,(H,17,19). The summed E-state index contributed by atoms with van der Waals surface area (Å²) in [5.41, 5.74) is 7.46. The number of amides is 1. The lowest BCUT2D eigenvalue weighted by molar-refractivity contribution is 0.102. The third-order valence-corrected chi connectivity index (χ3v) is 3.28. The minimum atomic E-state index is -0.443. The molecule has 1 aliphatic heterocycles. The molecule has 1 amide bonds. The fraction of sp³-hybridized carbons (Fsp3) is 0.133. The van der Waals surface area contributed by atoms with Gasteiger partial charge in [-0.3, -0.25) is 4.79 Å². The Morgan fingerprint density at radius 2 is 2.00 bits per heavy atom. The van der Waals surface area contributed by atoms with Crippen molar-refractivity contribution >= 4 is 17.3 Å². The second-order valence-corrected chi connectivity index (χ2v) is 4.72. The number of hydrogen-bond donors (Lipinski definition) is 3. The number of phenolic OH excluding ortho intramolecular Hbond substituents is 1. The molecule has 6 heteroatoms. The quantitative estimate of drug-likeness (QED) is 0.736. The van der Waals surface area contributed by atoms with Crippen LogP contribution in [0.3, 0.4) is 0 Å². The number of benzene rings is 2. The number of nitrogens with two attached hydrogens (primary N) is 1. The van der Waals surface area contributed by atoms with Gasteiger partial charge in [-0.1, -0.05) is 12.1 Å². The summed E-state index contributed by atoms with van der Waals surface area (Å²) in [4.78, 5) is 12.2. The Morgan fingerprint density at radius 3 is 2.76 bits per heavy atom. The number of anilines is 2. The summed E-state index contributed by atoms with van der Waals surface area (Å²) < 4.78 is 10.4. The zero-order chi connectivity index (χ0) is 15.0. The Labute approximate surface area is 121 Å². The van der Waals surface area contributed by atoms with E-state index in [1.807, 2.05) is 0 Å². The SMILES string of the molecule is Cc1cccc(C(=O)Nc2cc3c(cc2N)OCO3)c1O. The van der Waals surface area contributed by atoms with Crippen molar-refractivity contribution in [3.05, 3.63) is 41.5 Å². The summed E-state index contributed by atoms with van der Waals surface area (Å²) in [6.45, 7) is 1.85. The summed E-state index contributed by atoms with van der Waals surface area (Å²) in [6.07, 6.45) is 0. The van der Waals surface area contributed by atoms with Gasteiger partial charge in [0, 0.05) is 12.1 Å². The minimum absolute atomic E-state index is 0.0469. The van der Waals surface area contributed by atoms with Crippen LogP contribution in [-0.2, 0) is 0 Å². The second kappa shape index (κ2) is 4.90. The van der Waals surface area contributed by atoms with Gasteiger partial charge in [-0.05, 0) is 18.6 Å². The van der Waals surface area contributed by atoms with Gasteiger partial charge in [-0.25, -0.2) is 0 Å². The molecule has 21 heavy (non-hydrogen) atoms. The summed E-state index contributed by atoms with van der Waals surface area (Å²) in [7, 11) is 0. The summed E-state index contributed by atoms with van der Waals surface area (Å²) >= 11 is 0. The zero-order valence-corrected chi connectivity index (χ0v) is 11.3. The number of rotatable bonds is 2. The lowest BCUT2D eigenvalue weighted by Gasteiger charge is -2.11. The van der Waals surface area contributed by atoms with E-state index in [0.717, 1.165) is 0 Å². The maximum absolute atomic E-state index is 12.2. The first kappa shape index (κ1) is 13.1. The number of carbonyl (C=O) groups is 1. The van der Waals surface area contributed by atoms with Crippen LogP contribution in [-0.4, -0.2) is 17.8 Å². The normalized spacial score (nSPS) is 12.2. The molecule has 0 spiro atoms. The molecule has 3 rings (SSSR count). The van der Waals surface area contributed by atoms with Gasteiger partial charge in [0.1, 0.15) is 5.75 Å². The maximum Gasteiger partial charge on any atom is 0.259 e. The first-order valence-corrected chi connectivity index (χ1v) is 6.35. The van der Waals surface area contributed by atoms with E-state index in [1.165, 1.54) is 0 Å². The second-order valence-electron chi connectivity index (χ2n) is 4.72. The van der Waals surface area contributed by atoms with E-state index in [4.69, 9.17) is 15.2 Å². The molecule has 2 aromatic rings. The molecule has 108 valence electrons. The Morgan fingerprint density at radius 1 is 1.29 bits per heavy atom. The predicted octanol–water partition coefficient (Wildman–Crippen LogP) is 2.26. The van der Waals surface area contributed by atoms with E-state index in [0.29, 0.717) is 28.4 Å². The van der Waals surface area contributed by atoms with E-state index in [9.17, 15) is 9.90 Å². The Bertz CT molecular complexity index is 728. The zero-order valence-electron chi connectivity index (χ0n) is 11.3. The van der Waals surface area contributed by atoms with Crippen molar-refractivity contribution in [2.45, 2.75) is 6.92 Å². The molecule has 0 aliphatic carbocycles. The van der Waals surface area contributed by atoms with Crippen LogP contribution in [0.1, 0.15) is 15.9 Å². The summed E-state index contributed by atoms with van der Waals surface area (Å²) in [6, 6.07) is 8.16. The van der Waals surface area contributed by atoms with E-state index >= 15 is 0 Å². The number of phenols is 1. The van der Waals surface area contributed by atoms with Gasteiger partial charge < -0.3 is 25.6 Å². The largest absolute Gasteiger partial charge is 0.507 e. The van der Waals surface area contributed by atoms with Crippen LogP contribution >= 0.6 is 0 Å². The molecule has 6 nitrogen and oxygen atoms in total. The molecular formula is C15H14N2O4. The molecule has 1 heterocycles. The van der Waals surface area contributed by atoms with E-state index in [-0.39, 0.29) is 18.1 Å². The number of carbonyl (C=O) groups excluding carboxylic acids is 1. The minimum Gasteiger partial charge on any atom is -0.507 e.